The van der Waals surface area contributed by atoms with Crippen LogP contribution in [0.15, 0.2) is 34.5 Å². The number of hydrogen-bond acceptors (Lipinski definition) is 3. The molecule has 0 saturated heterocycles. The number of rotatable bonds is 3. The average Bonchev–Trinajstić information content (AvgIpc) is 2.71. The Morgan fingerprint density at radius 3 is 2.39 bits per heavy atom. The average molecular weight is 302 g/mol. The van der Waals surface area contributed by atoms with Crippen molar-refractivity contribution in [3.63, 3.8) is 0 Å². The van der Waals surface area contributed by atoms with Gasteiger partial charge in [-0.05, 0) is 49.2 Å². The van der Waals surface area contributed by atoms with Crippen LogP contribution in [0.1, 0.15) is 11.1 Å². The molecule has 1 aromatic carbocycles. The fourth-order valence-corrected chi connectivity index (χ4v) is 3.98. The Bertz CT molecular complexity index is 677. The van der Waals surface area contributed by atoms with Crippen molar-refractivity contribution in [1.29, 1.82) is 0 Å². The largest absolute Gasteiger partial charge is 0.279 e. The van der Waals surface area contributed by atoms with Gasteiger partial charge in [0.1, 0.15) is 4.21 Å². The molecule has 2 aromatic rings. The maximum Gasteiger partial charge on any atom is 0.271 e. The Hall–Kier alpha value is -1.04. The smallest absolute Gasteiger partial charge is 0.271 e. The standard InChI is InChI=1S/C12H12ClNO2S2/c1-8-3-4-10(7-9(8)2)14-18(15,16)12-6-5-11(13)17-12/h3-7,14H,1-2H3. The lowest BCUT2D eigenvalue weighted by Crippen LogP contribution is -2.11. The summed E-state index contributed by atoms with van der Waals surface area (Å²) >= 11 is 6.78. The molecule has 0 spiro atoms. The molecule has 6 heteroatoms. The van der Waals surface area contributed by atoms with Crippen LogP contribution >= 0.6 is 22.9 Å². The molecule has 0 aliphatic carbocycles. The van der Waals surface area contributed by atoms with Gasteiger partial charge in [0, 0.05) is 5.69 Å². The number of hydrogen-bond donors (Lipinski definition) is 1. The Balaban J connectivity index is 2.30. The van der Waals surface area contributed by atoms with Gasteiger partial charge in [0.25, 0.3) is 10.0 Å². The van der Waals surface area contributed by atoms with Gasteiger partial charge in [0.15, 0.2) is 0 Å². The normalized spacial score (nSPS) is 11.5. The van der Waals surface area contributed by atoms with Gasteiger partial charge in [-0.25, -0.2) is 8.42 Å². The summed E-state index contributed by atoms with van der Waals surface area (Å²) in [5.74, 6) is 0. The van der Waals surface area contributed by atoms with Crippen LogP contribution in [-0.2, 0) is 10.0 Å². The summed E-state index contributed by atoms with van der Waals surface area (Å²) in [6.07, 6.45) is 0. The fourth-order valence-electron chi connectivity index (χ4n) is 1.45. The highest BCUT2D eigenvalue weighted by Gasteiger charge is 2.16. The summed E-state index contributed by atoms with van der Waals surface area (Å²) < 4.78 is 27.3. The van der Waals surface area contributed by atoms with Crippen molar-refractivity contribution in [2.45, 2.75) is 18.1 Å². The highest BCUT2D eigenvalue weighted by atomic mass is 35.5. The summed E-state index contributed by atoms with van der Waals surface area (Å²) in [4.78, 5) is 0. The van der Waals surface area contributed by atoms with Crippen LogP contribution in [0.25, 0.3) is 0 Å². The van der Waals surface area contributed by atoms with E-state index in [0.29, 0.717) is 10.0 Å². The maximum absolute atomic E-state index is 12.1. The van der Waals surface area contributed by atoms with Crippen LogP contribution in [0.5, 0.6) is 0 Å². The molecule has 0 aliphatic heterocycles. The lowest BCUT2D eigenvalue weighted by molar-refractivity contribution is 0.603. The summed E-state index contributed by atoms with van der Waals surface area (Å²) in [7, 11) is -3.54. The van der Waals surface area contributed by atoms with Crippen molar-refractivity contribution in [3.05, 3.63) is 45.8 Å². The first-order valence-electron chi connectivity index (χ1n) is 5.24. The van der Waals surface area contributed by atoms with Crippen LogP contribution in [-0.4, -0.2) is 8.42 Å². The second-order valence-electron chi connectivity index (χ2n) is 3.96. The van der Waals surface area contributed by atoms with Crippen molar-refractivity contribution in [2.75, 3.05) is 4.72 Å². The summed E-state index contributed by atoms with van der Waals surface area (Å²) in [5, 5.41) is 0. The van der Waals surface area contributed by atoms with E-state index < -0.39 is 10.0 Å². The number of halogens is 1. The second-order valence-corrected chi connectivity index (χ2v) is 7.59. The molecule has 1 heterocycles. The van der Waals surface area contributed by atoms with Crippen molar-refractivity contribution >= 4 is 38.6 Å². The molecular formula is C12H12ClNO2S2. The number of aryl methyl sites for hydroxylation is 2. The van der Waals surface area contributed by atoms with Crippen molar-refractivity contribution in [3.8, 4) is 0 Å². The van der Waals surface area contributed by atoms with E-state index in [9.17, 15) is 8.42 Å². The quantitative estimate of drug-likeness (QED) is 0.937. The number of thiophene rings is 1. The molecular weight excluding hydrogens is 290 g/mol. The highest BCUT2D eigenvalue weighted by molar-refractivity contribution is 7.94. The monoisotopic (exact) mass is 301 g/mol. The summed E-state index contributed by atoms with van der Waals surface area (Å²) in [6, 6.07) is 8.50. The maximum atomic E-state index is 12.1. The van der Waals surface area contributed by atoms with Gasteiger partial charge in [-0.2, -0.15) is 0 Å². The lowest BCUT2D eigenvalue weighted by Gasteiger charge is -2.08. The Kier molecular flexibility index (Phi) is 3.66. The first kappa shape index (κ1) is 13.4. The molecule has 0 atom stereocenters. The molecule has 96 valence electrons. The van der Waals surface area contributed by atoms with Crippen LogP contribution in [0, 0.1) is 13.8 Å². The minimum atomic E-state index is -3.54. The minimum absolute atomic E-state index is 0.214. The van der Waals surface area contributed by atoms with E-state index in [1.807, 2.05) is 26.0 Å². The molecule has 1 aromatic heterocycles. The van der Waals surface area contributed by atoms with E-state index in [1.165, 1.54) is 6.07 Å². The zero-order valence-electron chi connectivity index (χ0n) is 9.90. The predicted octanol–water partition coefficient (Wildman–Crippen LogP) is 3.82. The third-order valence-electron chi connectivity index (χ3n) is 2.57. The van der Waals surface area contributed by atoms with E-state index >= 15 is 0 Å². The molecule has 0 amide bonds. The molecule has 3 nitrogen and oxygen atoms in total. The lowest BCUT2D eigenvalue weighted by atomic mass is 10.1. The van der Waals surface area contributed by atoms with Crippen molar-refractivity contribution < 1.29 is 8.42 Å². The number of nitrogens with one attached hydrogen (secondary N) is 1. The van der Waals surface area contributed by atoms with Gasteiger partial charge in [-0.1, -0.05) is 17.7 Å². The van der Waals surface area contributed by atoms with Gasteiger partial charge in [-0.3, -0.25) is 4.72 Å². The zero-order valence-corrected chi connectivity index (χ0v) is 12.3. The number of benzene rings is 1. The molecule has 0 fully saturated rings. The van der Waals surface area contributed by atoms with Crippen LogP contribution in [0.3, 0.4) is 0 Å². The van der Waals surface area contributed by atoms with Crippen LogP contribution in [0.4, 0.5) is 5.69 Å². The van der Waals surface area contributed by atoms with E-state index in [4.69, 9.17) is 11.6 Å². The second kappa shape index (κ2) is 4.91. The summed E-state index contributed by atoms with van der Waals surface area (Å²) in [6.45, 7) is 3.92. The fraction of sp³-hybridized carbons (Fsp3) is 0.167. The molecule has 0 bridgehead atoms. The van der Waals surface area contributed by atoms with E-state index in [2.05, 4.69) is 4.72 Å². The highest BCUT2D eigenvalue weighted by Crippen LogP contribution is 2.27. The third kappa shape index (κ3) is 2.85. The molecule has 2 rings (SSSR count). The van der Waals surface area contributed by atoms with Gasteiger partial charge in [0.2, 0.25) is 0 Å². The van der Waals surface area contributed by atoms with Gasteiger partial charge >= 0.3 is 0 Å². The topological polar surface area (TPSA) is 46.2 Å². The van der Waals surface area contributed by atoms with Crippen molar-refractivity contribution in [1.82, 2.24) is 0 Å². The molecule has 0 aliphatic rings. The van der Waals surface area contributed by atoms with Crippen LogP contribution < -0.4 is 4.72 Å². The van der Waals surface area contributed by atoms with E-state index in [-0.39, 0.29) is 4.21 Å². The van der Waals surface area contributed by atoms with Crippen LogP contribution in [0.2, 0.25) is 4.34 Å². The Morgan fingerprint density at radius 2 is 1.83 bits per heavy atom. The van der Waals surface area contributed by atoms with E-state index in [1.54, 1.807) is 12.1 Å². The minimum Gasteiger partial charge on any atom is -0.279 e. The first-order chi connectivity index (χ1) is 8.38. The zero-order chi connectivity index (χ0) is 13.3. The Morgan fingerprint density at radius 1 is 1.11 bits per heavy atom. The van der Waals surface area contributed by atoms with Gasteiger partial charge < -0.3 is 0 Å². The van der Waals surface area contributed by atoms with Gasteiger partial charge in [-0.15, -0.1) is 11.3 Å². The molecule has 18 heavy (non-hydrogen) atoms. The number of anilines is 1. The van der Waals surface area contributed by atoms with E-state index in [0.717, 1.165) is 22.5 Å². The number of sulfonamides is 1. The first-order valence-corrected chi connectivity index (χ1v) is 7.92. The van der Waals surface area contributed by atoms with Crippen molar-refractivity contribution in [2.24, 2.45) is 0 Å². The predicted molar refractivity (Wildman–Crippen MR) is 76.1 cm³/mol. The molecule has 1 N–H and O–H groups in total. The third-order valence-corrected chi connectivity index (χ3v) is 5.68. The molecule has 0 unspecified atom stereocenters. The summed E-state index contributed by atoms with van der Waals surface area (Å²) in [5.41, 5.74) is 2.72. The molecule has 0 saturated carbocycles. The SMILES string of the molecule is Cc1ccc(NS(=O)(=O)c2ccc(Cl)s2)cc1C. The molecule has 0 radical (unpaired) electrons. The van der Waals surface area contributed by atoms with Gasteiger partial charge in [0.05, 0.1) is 4.34 Å². The Labute approximate surface area is 115 Å².